The first kappa shape index (κ1) is 16.1. The van der Waals surface area contributed by atoms with Crippen molar-refractivity contribution in [1.82, 2.24) is 20.2 Å². The summed E-state index contributed by atoms with van der Waals surface area (Å²) >= 11 is 0. The lowest BCUT2D eigenvalue weighted by atomic mass is 10.1. The van der Waals surface area contributed by atoms with Crippen molar-refractivity contribution >= 4 is 11.6 Å². The van der Waals surface area contributed by atoms with Gasteiger partial charge in [0.05, 0.1) is 11.7 Å². The van der Waals surface area contributed by atoms with E-state index in [1.807, 2.05) is 45.0 Å². The van der Waals surface area contributed by atoms with Crippen molar-refractivity contribution in [3.05, 3.63) is 24.3 Å². The molecule has 0 aliphatic carbocycles. The maximum Gasteiger partial charge on any atom is 0.253 e. The predicted octanol–water partition coefficient (Wildman–Crippen LogP) is 2.28. The van der Waals surface area contributed by atoms with E-state index in [4.69, 9.17) is 4.74 Å². The third-order valence-corrected chi connectivity index (χ3v) is 3.19. The molecule has 0 saturated heterocycles. The molecule has 0 fully saturated rings. The van der Waals surface area contributed by atoms with E-state index in [1.54, 1.807) is 11.6 Å². The quantitative estimate of drug-likeness (QED) is 0.885. The summed E-state index contributed by atoms with van der Waals surface area (Å²) < 4.78 is 7.03. The number of tetrazole rings is 1. The van der Waals surface area contributed by atoms with Crippen LogP contribution in [0.2, 0.25) is 0 Å². The largest absolute Gasteiger partial charge is 0.369 e. The number of anilines is 1. The Bertz CT molecular complexity index is 638. The molecule has 22 heavy (non-hydrogen) atoms. The van der Waals surface area contributed by atoms with Crippen LogP contribution in [0.15, 0.2) is 24.3 Å². The minimum absolute atomic E-state index is 0.121. The number of hydrogen-bond donors (Lipinski definition) is 1. The van der Waals surface area contributed by atoms with Gasteiger partial charge < -0.3 is 10.1 Å². The Kier molecular flexibility index (Phi) is 5.21. The van der Waals surface area contributed by atoms with Crippen LogP contribution in [-0.2, 0) is 9.53 Å². The first-order valence-corrected chi connectivity index (χ1v) is 7.34. The molecule has 0 aliphatic heterocycles. The third kappa shape index (κ3) is 3.48. The first-order chi connectivity index (χ1) is 10.5. The van der Waals surface area contributed by atoms with Gasteiger partial charge in [-0.1, -0.05) is 12.1 Å². The molecule has 7 heteroatoms. The number of para-hydroxylation sites is 1. The summed E-state index contributed by atoms with van der Waals surface area (Å²) in [5, 5.41) is 14.7. The summed E-state index contributed by atoms with van der Waals surface area (Å²) in [6.07, 6.45) is -0.515. The van der Waals surface area contributed by atoms with Crippen LogP contribution in [0.4, 0.5) is 5.69 Å². The smallest absolute Gasteiger partial charge is 0.253 e. The van der Waals surface area contributed by atoms with Crippen molar-refractivity contribution in [2.45, 2.75) is 39.8 Å². The molecule has 0 saturated carbocycles. The zero-order valence-corrected chi connectivity index (χ0v) is 13.3. The minimum atomic E-state index is -0.515. The standard InChI is InChI=1S/C15H21N5O2/c1-5-22-11(4)15(21)16-13-9-7-6-8-12(13)14-17-18-19-20(14)10(2)3/h6-11H,5H2,1-4H3,(H,16,21)/t11-/m1/s1. The van der Waals surface area contributed by atoms with Crippen molar-refractivity contribution < 1.29 is 9.53 Å². The molecule has 1 amide bonds. The lowest BCUT2D eigenvalue weighted by Gasteiger charge is -2.15. The highest BCUT2D eigenvalue weighted by molar-refractivity contribution is 5.97. The molecule has 1 aromatic heterocycles. The van der Waals surface area contributed by atoms with Gasteiger partial charge in [-0.15, -0.1) is 5.10 Å². The third-order valence-electron chi connectivity index (χ3n) is 3.19. The monoisotopic (exact) mass is 303 g/mol. The van der Waals surface area contributed by atoms with Gasteiger partial charge >= 0.3 is 0 Å². The zero-order valence-electron chi connectivity index (χ0n) is 13.3. The van der Waals surface area contributed by atoms with E-state index in [2.05, 4.69) is 20.8 Å². The van der Waals surface area contributed by atoms with E-state index in [0.717, 1.165) is 5.56 Å². The predicted molar refractivity (Wildman–Crippen MR) is 83.4 cm³/mol. The highest BCUT2D eigenvalue weighted by Crippen LogP contribution is 2.27. The molecule has 0 radical (unpaired) electrons. The zero-order chi connectivity index (χ0) is 16.1. The Morgan fingerprint density at radius 2 is 2.05 bits per heavy atom. The van der Waals surface area contributed by atoms with Crippen LogP contribution in [0.5, 0.6) is 0 Å². The Balaban J connectivity index is 2.31. The fourth-order valence-corrected chi connectivity index (χ4v) is 2.07. The average molecular weight is 303 g/mol. The normalized spacial score (nSPS) is 12.4. The van der Waals surface area contributed by atoms with E-state index >= 15 is 0 Å². The Hall–Kier alpha value is -2.28. The molecule has 1 N–H and O–H groups in total. The molecular weight excluding hydrogens is 282 g/mol. The summed E-state index contributed by atoms with van der Waals surface area (Å²) in [4.78, 5) is 12.1. The van der Waals surface area contributed by atoms with Crippen molar-refractivity contribution in [1.29, 1.82) is 0 Å². The number of nitrogens with one attached hydrogen (secondary N) is 1. The molecule has 1 heterocycles. The summed E-state index contributed by atoms with van der Waals surface area (Å²) in [6, 6.07) is 7.57. The van der Waals surface area contributed by atoms with Gasteiger partial charge in [0.1, 0.15) is 6.10 Å². The summed E-state index contributed by atoms with van der Waals surface area (Å²) in [6.45, 7) is 8.06. The highest BCUT2D eigenvalue weighted by Gasteiger charge is 2.18. The number of nitrogens with zero attached hydrogens (tertiary/aromatic N) is 4. The van der Waals surface area contributed by atoms with Crippen molar-refractivity contribution in [2.75, 3.05) is 11.9 Å². The molecule has 0 unspecified atom stereocenters. The average Bonchev–Trinajstić information content (AvgIpc) is 2.97. The van der Waals surface area contributed by atoms with Gasteiger partial charge in [-0.3, -0.25) is 4.79 Å². The summed E-state index contributed by atoms with van der Waals surface area (Å²) in [5.41, 5.74) is 1.44. The lowest BCUT2D eigenvalue weighted by Crippen LogP contribution is -2.28. The summed E-state index contributed by atoms with van der Waals surface area (Å²) in [7, 11) is 0. The number of aromatic nitrogens is 4. The molecular formula is C15H21N5O2. The van der Waals surface area contributed by atoms with Gasteiger partial charge in [0.2, 0.25) is 0 Å². The van der Waals surface area contributed by atoms with Gasteiger partial charge in [-0.25, -0.2) is 4.68 Å². The van der Waals surface area contributed by atoms with Crippen LogP contribution < -0.4 is 5.32 Å². The van der Waals surface area contributed by atoms with Crippen LogP contribution in [0.25, 0.3) is 11.4 Å². The number of benzene rings is 1. The maximum atomic E-state index is 12.1. The molecule has 0 spiro atoms. The van der Waals surface area contributed by atoms with Crippen molar-refractivity contribution in [3.63, 3.8) is 0 Å². The molecule has 2 aromatic rings. The highest BCUT2D eigenvalue weighted by atomic mass is 16.5. The number of amides is 1. The van der Waals surface area contributed by atoms with Gasteiger partial charge in [-0.05, 0) is 50.3 Å². The van der Waals surface area contributed by atoms with Crippen LogP contribution in [0.3, 0.4) is 0 Å². The first-order valence-electron chi connectivity index (χ1n) is 7.34. The SMILES string of the molecule is CCO[C@H](C)C(=O)Nc1ccccc1-c1nnnn1C(C)C. The van der Waals surface area contributed by atoms with Gasteiger partial charge in [0, 0.05) is 12.2 Å². The second-order valence-corrected chi connectivity index (χ2v) is 5.17. The number of rotatable bonds is 6. The van der Waals surface area contributed by atoms with E-state index in [-0.39, 0.29) is 11.9 Å². The fraction of sp³-hybridized carbons (Fsp3) is 0.467. The molecule has 0 bridgehead atoms. The van der Waals surface area contributed by atoms with Crippen molar-refractivity contribution in [2.24, 2.45) is 0 Å². The van der Waals surface area contributed by atoms with E-state index in [1.165, 1.54) is 0 Å². The molecule has 2 rings (SSSR count). The minimum Gasteiger partial charge on any atom is -0.369 e. The molecule has 118 valence electrons. The lowest BCUT2D eigenvalue weighted by molar-refractivity contribution is -0.126. The van der Waals surface area contributed by atoms with E-state index in [9.17, 15) is 4.79 Å². The Morgan fingerprint density at radius 3 is 2.73 bits per heavy atom. The topological polar surface area (TPSA) is 81.9 Å². The molecule has 0 aliphatic rings. The fourth-order valence-electron chi connectivity index (χ4n) is 2.07. The van der Waals surface area contributed by atoms with E-state index in [0.29, 0.717) is 18.1 Å². The number of carbonyl (C=O) groups excluding carboxylic acids is 1. The molecule has 1 aromatic carbocycles. The number of hydrogen-bond acceptors (Lipinski definition) is 5. The van der Waals surface area contributed by atoms with Crippen molar-refractivity contribution in [3.8, 4) is 11.4 Å². The molecule has 1 atom stereocenters. The maximum absolute atomic E-state index is 12.1. The van der Waals surface area contributed by atoms with Gasteiger partial charge in [0.15, 0.2) is 5.82 Å². The van der Waals surface area contributed by atoms with Crippen LogP contribution >= 0.6 is 0 Å². The van der Waals surface area contributed by atoms with Gasteiger partial charge in [-0.2, -0.15) is 0 Å². The second kappa shape index (κ2) is 7.13. The van der Waals surface area contributed by atoms with E-state index < -0.39 is 6.10 Å². The number of carbonyl (C=O) groups is 1. The number of ether oxygens (including phenoxy) is 1. The Labute approximate surface area is 129 Å². The Morgan fingerprint density at radius 1 is 1.32 bits per heavy atom. The summed E-state index contributed by atoms with van der Waals surface area (Å²) in [5.74, 6) is 0.424. The van der Waals surface area contributed by atoms with Crippen LogP contribution in [0, 0.1) is 0 Å². The molecule has 7 nitrogen and oxygen atoms in total. The second-order valence-electron chi connectivity index (χ2n) is 5.17. The van der Waals surface area contributed by atoms with Gasteiger partial charge in [0.25, 0.3) is 5.91 Å². The van der Waals surface area contributed by atoms with Crippen LogP contribution in [0.1, 0.15) is 33.7 Å². The van der Waals surface area contributed by atoms with Crippen LogP contribution in [-0.4, -0.2) is 38.8 Å².